The molecule has 6 heteroatoms. The molecule has 0 aliphatic carbocycles. The molecule has 4 rings (SSSR count). The highest BCUT2D eigenvalue weighted by atomic mass is 16.5. The first-order valence-electron chi connectivity index (χ1n) is 8.72. The third-order valence-electron chi connectivity index (χ3n) is 4.62. The van der Waals surface area contributed by atoms with E-state index in [4.69, 9.17) is 19.2 Å². The Morgan fingerprint density at radius 1 is 0.857 bits per heavy atom. The number of nitrogens with zero attached hydrogens (tertiary/aromatic N) is 2. The lowest BCUT2D eigenvalue weighted by atomic mass is 10.1. The molecule has 142 valence electrons. The van der Waals surface area contributed by atoms with Gasteiger partial charge in [0.2, 0.25) is 5.75 Å². The standard InChI is InChI=1S/C22H20N2O4/c1-26-19-11-15(12-20(27-2)22(19)28-3)21-18-5-4-10-24(18)13-17(23-21)14-6-8-16(25)9-7-14/h4-13,25H,1-3H3. The van der Waals surface area contributed by atoms with Crippen LogP contribution in [0.25, 0.3) is 28.0 Å². The van der Waals surface area contributed by atoms with Gasteiger partial charge in [0.15, 0.2) is 11.5 Å². The molecule has 0 aliphatic heterocycles. The van der Waals surface area contributed by atoms with Gasteiger partial charge in [-0.2, -0.15) is 0 Å². The largest absolute Gasteiger partial charge is 0.508 e. The van der Waals surface area contributed by atoms with Crippen molar-refractivity contribution in [2.24, 2.45) is 0 Å². The van der Waals surface area contributed by atoms with E-state index < -0.39 is 0 Å². The van der Waals surface area contributed by atoms with Gasteiger partial charge in [-0.05, 0) is 48.5 Å². The van der Waals surface area contributed by atoms with Crippen LogP contribution in [0.5, 0.6) is 23.0 Å². The highest BCUT2D eigenvalue weighted by Crippen LogP contribution is 2.42. The number of fused-ring (bicyclic) bond motifs is 1. The fourth-order valence-electron chi connectivity index (χ4n) is 3.25. The van der Waals surface area contributed by atoms with Gasteiger partial charge in [-0.1, -0.05) is 0 Å². The summed E-state index contributed by atoms with van der Waals surface area (Å²) in [6.45, 7) is 0. The summed E-state index contributed by atoms with van der Waals surface area (Å²) in [5.74, 6) is 1.89. The van der Waals surface area contributed by atoms with Crippen molar-refractivity contribution in [1.82, 2.24) is 9.38 Å². The lowest BCUT2D eigenvalue weighted by molar-refractivity contribution is 0.324. The second kappa shape index (κ2) is 7.15. The maximum atomic E-state index is 9.57. The fourth-order valence-corrected chi connectivity index (χ4v) is 3.25. The Balaban J connectivity index is 1.96. The number of methoxy groups -OCH3 is 3. The molecule has 0 atom stereocenters. The molecule has 2 aromatic heterocycles. The van der Waals surface area contributed by atoms with Crippen LogP contribution < -0.4 is 14.2 Å². The molecule has 0 saturated carbocycles. The van der Waals surface area contributed by atoms with E-state index in [2.05, 4.69) is 0 Å². The number of phenolic OH excluding ortho intramolecular Hbond substituents is 1. The molecule has 1 N–H and O–H groups in total. The summed E-state index contributed by atoms with van der Waals surface area (Å²) in [7, 11) is 4.76. The van der Waals surface area contributed by atoms with Crippen LogP contribution in [0.3, 0.4) is 0 Å². The third kappa shape index (κ3) is 2.99. The van der Waals surface area contributed by atoms with Gasteiger partial charge in [-0.3, -0.25) is 0 Å². The minimum absolute atomic E-state index is 0.218. The van der Waals surface area contributed by atoms with E-state index in [0.717, 1.165) is 28.0 Å². The van der Waals surface area contributed by atoms with E-state index in [1.165, 1.54) is 0 Å². The number of aromatic hydroxyl groups is 1. The Morgan fingerprint density at radius 3 is 2.14 bits per heavy atom. The first-order valence-corrected chi connectivity index (χ1v) is 8.72. The van der Waals surface area contributed by atoms with Crippen molar-refractivity contribution in [3.05, 3.63) is 60.9 Å². The van der Waals surface area contributed by atoms with Gasteiger partial charge >= 0.3 is 0 Å². The summed E-state index contributed by atoms with van der Waals surface area (Å²) >= 11 is 0. The normalized spacial score (nSPS) is 10.8. The third-order valence-corrected chi connectivity index (χ3v) is 4.62. The first-order chi connectivity index (χ1) is 13.6. The maximum Gasteiger partial charge on any atom is 0.203 e. The Morgan fingerprint density at radius 2 is 1.54 bits per heavy atom. The summed E-state index contributed by atoms with van der Waals surface area (Å²) < 4.78 is 18.4. The molecular formula is C22H20N2O4. The highest BCUT2D eigenvalue weighted by molar-refractivity contribution is 5.82. The quantitative estimate of drug-likeness (QED) is 0.559. The van der Waals surface area contributed by atoms with Crippen LogP contribution in [0, 0.1) is 0 Å². The smallest absolute Gasteiger partial charge is 0.203 e. The minimum Gasteiger partial charge on any atom is -0.508 e. The Hall–Kier alpha value is -3.67. The fraction of sp³-hybridized carbons (Fsp3) is 0.136. The number of phenols is 1. The maximum absolute atomic E-state index is 9.57. The van der Waals surface area contributed by atoms with Crippen LogP contribution in [-0.4, -0.2) is 35.8 Å². The molecule has 4 aromatic rings. The van der Waals surface area contributed by atoms with Crippen molar-refractivity contribution in [3.63, 3.8) is 0 Å². The SMILES string of the molecule is COc1cc(-c2nc(-c3ccc(O)cc3)cn3cccc23)cc(OC)c1OC. The van der Waals surface area contributed by atoms with Gasteiger partial charge in [0, 0.05) is 23.5 Å². The molecule has 6 nitrogen and oxygen atoms in total. The second-order valence-electron chi connectivity index (χ2n) is 6.24. The summed E-state index contributed by atoms with van der Waals surface area (Å²) in [5.41, 5.74) is 4.28. The number of hydrogen-bond donors (Lipinski definition) is 1. The van der Waals surface area contributed by atoms with E-state index in [-0.39, 0.29) is 5.75 Å². The molecule has 0 unspecified atom stereocenters. The Bertz CT molecular complexity index is 1110. The topological polar surface area (TPSA) is 65.2 Å². The van der Waals surface area contributed by atoms with Gasteiger partial charge in [-0.15, -0.1) is 0 Å². The summed E-state index contributed by atoms with van der Waals surface area (Å²) in [5, 5.41) is 9.57. The first kappa shape index (κ1) is 17.7. The van der Waals surface area contributed by atoms with Crippen LogP contribution in [-0.2, 0) is 0 Å². The van der Waals surface area contributed by atoms with Crippen LogP contribution in [0.4, 0.5) is 0 Å². The van der Waals surface area contributed by atoms with Gasteiger partial charge < -0.3 is 23.7 Å². The van der Waals surface area contributed by atoms with Crippen molar-refractivity contribution in [3.8, 4) is 45.5 Å². The molecule has 0 saturated heterocycles. The van der Waals surface area contributed by atoms with Gasteiger partial charge in [0.1, 0.15) is 5.75 Å². The van der Waals surface area contributed by atoms with Crippen molar-refractivity contribution in [1.29, 1.82) is 0 Å². The van der Waals surface area contributed by atoms with Gasteiger partial charge in [0.05, 0.1) is 38.2 Å². The lowest BCUT2D eigenvalue weighted by Gasteiger charge is -2.15. The van der Waals surface area contributed by atoms with E-state index in [9.17, 15) is 5.11 Å². The number of hydrogen-bond acceptors (Lipinski definition) is 5. The molecular weight excluding hydrogens is 356 g/mol. The monoisotopic (exact) mass is 376 g/mol. The van der Waals surface area contributed by atoms with Crippen LogP contribution in [0.2, 0.25) is 0 Å². The Labute approximate surface area is 162 Å². The molecule has 0 bridgehead atoms. The Kier molecular flexibility index (Phi) is 4.53. The molecule has 0 amide bonds. The summed E-state index contributed by atoms with van der Waals surface area (Å²) in [6.07, 6.45) is 3.94. The van der Waals surface area contributed by atoms with Crippen molar-refractivity contribution < 1.29 is 19.3 Å². The molecule has 2 heterocycles. The van der Waals surface area contributed by atoms with Crippen LogP contribution >= 0.6 is 0 Å². The van der Waals surface area contributed by atoms with E-state index in [1.807, 2.05) is 53.2 Å². The number of rotatable bonds is 5. The molecule has 0 radical (unpaired) electrons. The molecule has 28 heavy (non-hydrogen) atoms. The van der Waals surface area contributed by atoms with E-state index in [0.29, 0.717) is 17.2 Å². The second-order valence-corrected chi connectivity index (χ2v) is 6.24. The van der Waals surface area contributed by atoms with Crippen LogP contribution in [0.1, 0.15) is 0 Å². The average molecular weight is 376 g/mol. The molecule has 0 aliphatic rings. The molecule has 2 aromatic carbocycles. The number of ether oxygens (including phenoxy) is 3. The lowest BCUT2D eigenvalue weighted by Crippen LogP contribution is -1.98. The molecule has 0 fully saturated rings. The van der Waals surface area contributed by atoms with Crippen molar-refractivity contribution in [2.75, 3.05) is 21.3 Å². The van der Waals surface area contributed by atoms with E-state index in [1.54, 1.807) is 33.5 Å². The average Bonchev–Trinajstić information content (AvgIpc) is 3.21. The minimum atomic E-state index is 0.218. The summed E-state index contributed by atoms with van der Waals surface area (Å²) in [6, 6.07) is 14.7. The summed E-state index contributed by atoms with van der Waals surface area (Å²) in [4.78, 5) is 4.90. The number of benzene rings is 2. The van der Waals surface area contributed by atoms with Crippen molar-refractivity contribution in [2.45, 2.75) is 0 Å². The zero-order valence-electron chi connectivity index (χ0n) is 15.8. The van der Waals surface area contributed by atoms with Crippen molar-refractivity contribution >= 4 is 5.52 Å². The number of aromatic nitrogens is 2. The van der Waals surface area contributed by atoms with Gasteiger partial charge in [-0.25, -0.2) is 4.98 Å². The predicted octanol–water partition coefficient (Wildman–Crippen LogP) is 4.40. The predicted molar refractivity (Wildman–Crippen MR) is 107 cm³/mol. The zero-order valence-corrected chi connectivity index (χ0v) is 15.8. The van der Waals surface area contributed by atoms with Crippen LogP contribution in [0.15, 0.2) is 60.9 Å². The van der Waals surface area contributed by atoms with Gasteiger partial charge in [0.25, 0.3) is 0 Å². The van der Waals surface area contributed by atoms with E-state index >= 15 is 0 Å². The molecule has 0 spiro atoms. The zero-order chi connectivity index (χ0) is 19.7. The highest BCUT2D eigenvalue weighted by Gasteiger charge is 2.17.